The molecule has 0 aliphatic carbocycles. The number of nitrogens with one attached hydrogen (secondary N) is 2. The molecule has 0 spiro atoms. The van der Waals surface area contributed by atoms with E-state index in [1.165, 1.54) is 0 Å². The first-order valence-corrected chi connectivity index (χ1v) is 8.92. The van der Waals surface area contributed by atoms with Crippen molar-refractivity contribution in [3.8, 4) is 0 Å². The van der Waals surface area contributed by atoms with Crippen molar-refractivity contribution in [1.29, 1.82) is 0 Å². The molecule has 2 heterocycles. The molecule has 2 aromatic rings. The van der Waals surface area contributed by atoms with Gasteiger partial charge in [-0.15, -0.1) is 5.10 Å². The molecule has 3 rings (SSSR count). The second kappa shape index (κ2) is 8.03. The lowest BCUT2D eigenvalue weighted by Crippen LogP contribution is -2.40. The van der Waals surface area contributed by atoms with Crippen LogP contribution < -0.4 is 16.0 Å². The number of hydrogen-bond acceptors (Lipinski definition) is 5. The minimum absolute atomic E-state index is 0.0529. The SMILES string of the molecule is Nc1n[nH]c(N2CCC(C(=O)NCc3cc(C(F)(F)F)cc(C(F)(F)F)c3)CC2)n1. The number of aromatic nitrogens is 3. The van der Waals surface area contributed by atoms with Crippen LogP contribution in [0.5, 0.6) is 0 Å². The summed E-state index contributed by atoms with van der Waals surface area (Å²) >= 11 is 0. The number of rotatable bonds is 4. The Kier molecular flexibility index (Phi) is 5.81. The molecule has 0 atom stereocenters. The third-order valence-electron chi connectivity index (χ3n) is 4.77. The van der Waals surface area contributed by atoms with Crippen molar-refractivity contribution in [3.63, 3.8) is 0 Å². The molecule has 0 bridgehead atoms. The maximum atomic E-state index is 12.9. The van der Waals surface area contributed by atoms with Crippen LogP contribution in [0.4, 0.5) is 38.2 Å². The fourth-order valence-electron chi connectivity index (χ4n) is 3.22. The van der Waals surface area contributed by atoms with E-state index < -0.39 is 41.8 Å². The summed E-state index contributed by atoms with van der Waals surface area (Å²) < 4.78 is 77.5. The highest BCUT2D eigenvalue weighted by Crippen LogP contribution is 2.36. The number of aromatic amines is 1. The Morgan fingerprint density at radius 3 is 2.13 bits per heavy atom. The molecule has 13 heteroatoms. The summed E-state index contributed by atoms with van der Waals surface area (Å²) in [6.07, 6.45) is -9.00. The van der Waals surface area contributed by atoms with E-state index in [-0.39, 0.29) is 17.6 Å². The first kappa shape index (κ1) is 21.7. The number of piperidine rings is 1. The molecule has 1 amide bonds. The van der Waals surface area contributed by atoms with Gasteiger partial charge in [-0.05, 0) is 36.6 Å². The van der Waals surface area contributed by atoms with Gasteiger partial charge < -0.3 is 16.0 Å². The molecule has 1 aromatic heterocycles. The number of benzene rings is 1. The lowest BCUT2D eigenvalue weighted by molar-refractivity contribution is -0.143. The molecule has 4 N–H and O–H groups in total. The summed E-state index contributed by atoms with van der Waals surface area (Å²) in [6, 6.07) is 1.26. The van der Waals surface area contributed by atoms with E-state index in [1.807, 2.05) is 4.90 Å². The standard InChI is InChI=1S/C17H18F6N6O/c18-16(19,20)11-5-9(6-12(7-11)17(21,22)23)8-25-13(30)10-1-3-29(4-2-10)15-26-14(24)27-28-15/h5-7,10H,1-4,8H2,(H,25,30)(H3,24,26,27,28). The molecule has 1 aliphatic heterocycles. The van der Waals surface area contributed by atoms with E-state index in [1.54, 1.807) is 0 Å². The van der Waals surface area contributed by atoms with Gasteiger partial charge in [-0.2, -0.15) is 31.3 Å². The molecule has 0 saturated carbocycles. The average molecular weight is 436 g/mol. The van der Waals surface area contributed by atoms with Gasteiger partial charge in [-0.25, -0.2) is 5.10 Å². The Hall–Kier alpha value is -2.99. The monoisotopic (exact) mass is 436 g/mol. The van der Waals surface area contributed by atoms with E-state index in [2.05, 4.69) is 20.5 Å². The number of carbonyl (C=O) groups is 1. The second-order valence-electron chi connectivity index (χ2n) is 6.91. The van der Waals surface area contributed by atoms with Crippen LogP contribution in [-0.2, 0) is 23.7 Å². The van der Waals surface area contributed by atoms with Crippen molar-refractivity contribution in [2.45, 2.75) is 31.7 Å². The minimum atomic E-state index is -4.93. The molecule has 1 saturated heterocycles. The highest BCUT2D eigenvalue weighted by molar-refractivity contribution is 5.79. The van der Waals surface area contributed by atoms with Gasteiger partial charge in [0.2, 0.25) is 17.8 Å². The smallest absolute Gasteiger partial charge is 0.366 e. The first-order valence-electron chi connectivity index (χ1n) is 8.92. The normalized spacial score (nSPS) is 16.0. The summed E-state index contributed by atoms with van der Waals surface area (Å²) in [6.45, 7) is 0.494. The minimum Gasteiger partial charge on any atom is -0.366 e. The van der Waals surface area contributed by atoms with Crippen LogP contribution in [-0.4, -0.2) is 34.2 Å². The van der Waals surface area contributed by atoms with Gasteiger partial charge in [0.15, 0.2) is 0 Å². The average Bonchev–Trinajstić information content (AvgIpc) is 3.11. The number of H-pyrrole nitrogens is 1. The van der Waals surface area contributed by atoms with Gasteiger partial charge in [-0.1, -0.05) is 0 Å². The number of alkyl halides is 6. The molecule has 7 nitrogen and oxygen atoms in total. The van der Waals surface area contributed by atoms with Gasteiger partial charge in [0.25, 0.3) is 0 Å². The summed E-state index contributed by atoms with van der Waals surface area (Å²) in [5.41, 5.74) is 2.34. The van der Waals surface area contributed by atoms with Gasteiger partial charge in [0.05, 0.1) is 11.1 Å². The molecule has 0 radical (unpaired) electrons. The van der Waals surface area contributed by atoms with Crippen molar-refractivity contribution in [1.82, 2.24) is 20.5 Å². The Balaban J connectivity index is 1.62. The zero-order valence-electron chi connectivity index (χ0n) is 15.4. The number of nitrogens with two attached hydrogens (primary N) is 1. The maximum absolute atomic E-state index is 12.9. The van der Waals surface area contributed by atoms with Gasteiger partial charge >= 0.3 is 12.4 Å². The quantitative estimate of drug-likeness (QED) is 0.640. The van der Waals surface area contributed by atoms with Crippen LogP contribution >= 0.6 is 0 Å². The van der Waals surface area contributed by atoms with Crippen molar-refractivity contribution < 1.29 is 31.1 Å². The first-order chi connectivity index (χ1) is 13.9. The Morgan fingerprint density at radius 2 is 1.67 bits per heavy atom. The van der Waals surface area contributed by atoms with Crippen LogP contribution in [0.2, 0.25) is 0 Å². The lowest BCUT2D eigenvalue weighted by atomic mass is 9.96. The zero-order valence-corrected chi connectivity index (χ0v) is 15.4. The molecule has 1 fully saturated rings. The highest BCUT2D eigenvalue weighted by atomic mass is 19.4. The van der Waals surface area contributed by atoms with Crippen LogP contribution in [0.1, 0.15) is 29.5 Å². The van der Waals surface area contributed by atoms with Gasteiger partial charge in [0, 0.05) is 25.6 Å². The zero-order chi connectivity index (χ0) is 22.1. The van der Waals surface area contributed by atoms with Crippen molar-refractivity contribution in [2.75, 3.05) is 23.7 Å². The number of nitrogen functional groups attached to an aromatic ring is 1. The predicted octanol–water partition coefficient (Wildman–Crippen LogP) is 2.96. The van der Waals surface area contributed by atoms with Gasteiger partial charge in [-0.3, -0.25) is 4.79 Å². The summed E-state index contributed by atoms with van der Waals surface area (Å²) in [5.74, 6) is -0.300. The van der Waals surface area contributed by atoms with Crippen LogP contribution in [0.15, 0.2) is 18.2 Å². The summed E-state index contributed by atoms with van der Waals surface area (Å²) in [7, 11) is 0. The Morgan fingerprint density at radius 1 is 1.10 bits per heavy atom. The number of halogens is 6. The van der Waals surface area contributed by atoms with Crippen LogP contribution in [0.3, 0.4) is 0 Å². The highest BCUT2D eigenvalue weighted by Gasteiger charge is 2.37. The maximum Gasteiger partial charge on any atom is 0.416 e. The van der Waals surface area contributed by atoms with E-state index in [4.69, 9.17) is 5.73 Å². The number of anilines is 2. The lowest BCUT2D eigenvalue weighted by Gasteiger charge is -2.30. The third-order valence-corrected chi connectivity index (χ3v) is 4.77. The molecule has 1 aliphatic rings. The predicted molar refractivity (Wildman–Crippen MR) is 94.0 cm³/mol. The number of carbonyl (C=O) groups excluding carboxylic acids is 1. The number of amides is 1. The molecular formula is C17H18F6N6O. The van der Waals surface area contributed by atoms with E-state index in [9.17, 15) is 31.1 Å². The van der Waals surface area contributed by atoms with Crippen LogP contribution in [0, 0.1) is 5.92 Å². The molecule has 1 aromatic carbocycles. The van der Waals surface area contributed by atoms with E-state index >= 15 is 0 Å². The third kappa shape index (κ3) is 5.13. The topological polar surface area (TPSA) is 99.9 Å². The second-order valence-corrected chi connectivity index (χ2v) is 6.91. The Bertz CT molecular complexity index is 869. The van der Waals surface area contributed by atoms with Crippen LogP contribution in [0.25, 0.3) is 0 Å². The molecule has 164 valence electrons. The summed E-state index contributed by atoms with van der Waals surface area (Å²) in [4.78, 5) is 18.2. The van der Waals surface area contributed by atoms with Crippen molar-refractivity contribution >= 4 is 17.8 Å². The molecule has 0 unspecified atom stereocenters. The molecule has 30 heavy (non-hydrogen) atoms. The fraction of sp³-hybridized carbons (Fsp3) is 0.471. The number of hydrogen-bond donors (Lipinski definition) is 3. The van der Waals surface area contributed by atoms with Gasteiger partial charge in [0.1, 0.15) is 0 Å². The van der Waals surface area contributed by atoms with E-state index in [0.717, 1.165) is 0 Å². The largest absolute Gasteiger partial charge is 0.416 e. The van der Waals surface area contributed by atoms with Crippen molar-refractivity contribution in [3.05, 3.63) is 34.9 Å². The number of nitrogens with zero attached hydrogens (tertiary/aromatic N) is 3. The van der Waals surface area contributed by atoms with E-state index in [0.29, 0.717) is 44.0 Å². The fourth-order valence-corrected chi connectivity index (χ4v) is 3.22. The Labute approximate surface area is 166 Å². The summed E-state index contributed by atoms with van der Waals surface area (Å²) in [5, 5.41) is 8.81. The molecular weight excluding hydrogens is 418 g/mol. The van der Waals surface area contributed by atoms with Crippen molar-refractivity contribution in [2.24, 2.45) is 5.92 Å².